The van der Waals surface area contributed by atoms with Crippen molar-refractivity contribution in [2.45, 2.75) is 84.3 Å². The summed E-state index contributed by atoms with van der Waals surface area (Å²) in [4.78, 5) is 46.1. The first kappa shape index (κ1) is 38.8. The first-order chi connectivity index (χ1) is 24.5. The molecule has 51 heavy (non-hydrogen) atoms. The van der Waals surface area contributed by atoms with Crippen molar-refractivity contribution in [3.8, 4) is 0 Å². The molecule has 4 rings (SSSR count). The summed E-state index contributed by atoms with van der Waals surface area (Å²) in [5.74, 6) is -0.232. The molecule has 0 bridgehead atoms. The highest BCUT2D eigenvalue weighted by Crippen LogP contribution is 2.17. The predicted octanol–water partition coefficient (Wildman–Crippen LogP) is 5.74. The first-order valence-electron chi connectivity index (χ1n) is 17.0. The second-order valence-corrected chi connectivity index (χ2v) is 14.0. The molecule has 0 saturated heterocycles. The number of ether oxygens (including phenoxy) is 1. The summed E-state index contributed by atoms with van der Waals surface area (Å²) in [6.45, 7) is 7.89. The summed E-state index contributed by atoms with van der Waals surface area (Å²) >= 11 is 1.51. The third-order valence-corrected chi connectivity index (χ3v) is 8.90. The second-order valence-electron chi connectivity index (χ2n) is 13.1. The van der Waals surface area contributed by atoms with Crippen molar-refractivity contribution in [3.63, 3.8) is 0 Å². The number of rotatable bonds is 17. The number of aliphatic hydroxyl groups is 1. The van der Waals surface area contributed by atoms with Gasteiger partial charge in [-0.3, -0.25) is 4.79 Å². The number of hydrogen-bond acceptors (Lipinski definition) is 9. The molecule has 2 aromatic heterocycles. The maximum Gasteiger partial charge on any atom is 0.407 e. The Morgan fingerprint density at radius 3 is 2.24 bits per heavy atom. The second kappa shape index (κ2) is 19.4. The number of amides is 4. The minimum Gasteiger partial charge on any atom is -0.441 e. The van der Waals surface area contributed by atoms with E-state index in [1.54, 1.807) is 13.1 Å². The summed E-state index contributed by atoms with van der Waals surface area (Å²) in [6, 6.07) is 18.2. The van der Waals surface area contributed by atoms with Crippen LogP contribution in [0.2, 0.25) is 0 Å². The molecule has 2 heterocycles. The molecule has 0 fully saturated rings. The van der Waals surface area contributed by atoms with Crippen molar-refractivity contribution in [1.29, 1.82) is 0 Å². The van der Waals surface area contributed by atoms with Crippen LogP contribution in [0.3, 0.4) is 0 Å². The zero-order valence-electron chi connectivity index (χ0n) is 29.7. The lowest BCUT2D eigenvalue weighted by atomic mass is 9.93. The highest BCUT2D eigenvalue weighted by molar-refractivity contribution is 7.10. The molecule has 4 amide bonds. The fraction of sp³-hybridized carbons (Fsp3) is 0.395. The molecule has 2 aromatic carbocycles. The number of nitrogens with zero attached hydrogens (tertiary/aromatic N) is 3. The van der Waals surface area contributed by atoms with E-state index in [-0.39, 0.29) is 31.4 Å². The molecule has 0 aliphatic carbocycles. The Hall–Kier alpha value is -5.01. The number of aromatic nitrogens is 2. The summed E-state index contributed by atoms with van der Waals surface area (Å²) < 4.78 is 10.3. The normalized spacial score (nSPS) is 13.4. The predicted molar refractivity (Wildman–Crippen MR) is 197 cm³/mol. The van der Waals surface area contributed by atoms with Crippen LogP contribution in [0.4, 0.5) is 9.59 Å². The third kappa shape index (κ3) is 13.0. The van der Waals surface area contributed by atoms with Gasteiger partial charge in [0.05, 0.1) is 30.6 Å². The fourth-order valence-corrected chi connectivity index (χ4v) is 6.30. The number of aliphatic hydroxyl groups excluding tert-OH is 1. The summed E-state index contributed by atoms with van der Waals surface area (Å²) in [5, 5.41) is 26.9. The average molecular weight is 717 g/mol. The Balaban J connectivity index is 1.46. The number of benzene rings is 2. The number of carbonyl (C=O) groups is 3. The van der Waals surface area contributed by atoms with Crippen LogP contribution < -0.4 is 16.0 Å². The molecule has 0 saturated carbocycles. The van der Waals surface area contributed by atoms with E-state index in [2.05, 4.69) is 26.1 Å². The van der Waals surface area contributed by atoms with Crippen molar-refractivity contribution < 1.29 is 28.8 Å². The average Bonchev–Trinajstić information content (AvgIpc) is 3.78. The van der Waals surface area contributed by atoms with Gasteiger partial charge in [-0.25, -0.2) is 14.6 Å². The van der Waals surface area contributed by atoms with Crippen LogP contribution in [0.15, 0.2) is 88.4 Å². The van der Waals surface area contributed by atoms with Gasteiger partial charge in [0.1, 0.15) is 11.0 Å². The number of nitrogens with one attached hydrogen (secondary N) is 3. The Labute approximate surface area is 303 Å². The van der Waals surface area contributed by atoms with Gasteiger partial charge in [-0.2, -0.15) is 0 Å². The molecule has 0 aliphatic rings. The molecular weight excluding hydrogens is 669 g/mol. The molecule has 12 nitrogen and oxygen atoms in total. The quantitative estimate of drug-likeness (QED) is 0.108. The molecular formula is C38H48N6O6S. The lowest BCUT2D eigenvalue weighted by Crippen LogP contribution is -2.55. The number of alkyl carbamates (subject to hydrolysis) is 1. The van der Waals surface area contributed by atoms with Crippen LogP contribution in [0.5, 0.6) is 0 Å². The summed E-state index contributed by atoms with van der Waals surface area (Å²) in [7, 11) is 1.66. The van der Waals surface area contributed by atoms with Crippen molar-refractivity contribution in [1.82, 2.24) is 31.0 Å². The van der Waals surface area contributed by atoms with Crippen LogP contribution in [0, 0.1) is 5.92 Å². The maximum absolute atomic E-state index is 13.9. The first-order valence-corrected chi connectivity index (χ1v) is 17.8. The topological polar surface area (TPSA) is 159 Å². The summed E-state index contributed by atoms with van der Waals surface area (Å²) in [5.41, 5.74) is 3.75. The number of hydrogen-bond donors (Lipinski definition) is 4. The monoisotopic (exact) mass is 716 g/mol. The standard InChI is InChI=1S/C38H48N6O6S/c1-25(2)18-34-40-30(24-51-34)22-44(5)37(47)43-35(26(3)4)36(46)41-29(19-27-12-8-6-9-13-27)21-33(45)32(20-28-14-10-7-11-15-28)42-38(48)49-23-31-16-17-39-50-31/h6-18,24,26,29,32-33,35,45H,19-23H2,1-5H3,(H,41,46)(H,42,48)(H,43,47)/t29-,32-,33-,35-/m0/s1. The Morgan fingerprint density at radius 2 is 1.63 bits per heavy atom. The number of allylic oxidation sites excluding steroid dienone is 1. The van der Waals surface area contributed by atoms with E-state index >= 15 is 0 Å². The molecule has 272 valence electrons. The fourth-order valence-electron chi connectivity index (χ4n) is 5.44. The summed E-state index contributed by atoms with van der Waals surface area (Å²) in [6.07, 6.45) is 2.47. The Morgan fingerprint density at radius 1 is 0.961 bits per heavy atom. The molecule has 0 spiro atoms. The van der Waals surface area contributed by atoms with Crippen LogP contribution >= 0.6 is 11.3 Å². The van der Waals surface area contributed by atoms with Crippen molar-refractivity contribution in [2.75, 3.05) is 7.05 Å². The van der Waals surface area contributed by atoms with E-state index in [0.717, 1.165) is 27.4 Å². The van der Waals surface area contributed by atoms with E-state index in [0.29, 0.717) is 18.6 Å². The lowest BCUT2D eigenvalue weighted by Gasteiger charge is -2.30. The largest absolute Gasteiger partial charge is 0.441 e. The molecule has 0 unspecified atom stereocenters. The van der Waals surface area contributed by atoms with Crippen LogP contribution in [-0.4, -0.2) is 69.5 Å². The van der Waals surface area contributed by atoms with Gasteiger partial charge in [-0.05, 0) is 56.2 Å². The van der Waals surface area contributed by atoms with Crippen LogP contribution in [-0.2, 0) is 35.5 Å². The number of carbonyl (C=O) groups excluding carboxylic acids is 3. The van der Waals surface area contributed by atoms with Gasteiger partial charge < -0.3 is 35.2 Å². The van der Waals surface area contributed by atoms with Crippen molar-refractivity contribution in [3.05, 3.63) is 111 Å². The van der Waals surface area contributed by atoms with E-state index in [1.807, 2.05) is 99.8 Å². The van der Waals surface area contributed by atoms with Gasteiger partial charge in [0.2, 0.25) is 5.91 Å². The van der Waals surface area contributed by atoms with E-state index < -0.39 is 36.4 Å². The maximum atomic E-state index is 13.9. The van der Waals surface area contributed by atoms with E-state index in [9.17, 15) is 19.5 Å². The molecule has 13 heteroatoms. The highest BCUT2D eigenvalue weighted by atomic mass is 32.1. The molecule has 0 radical (unpaired) electrons. The Kier molecular flexibility index (Phi) is 14.8. The zero-order chi connectivity index (χ0) is 36.8. The smallest absolute Gasteiger partial charge is 0.407 e. The molecule has 4 aromatic rings. The van der Waals surface area contributed by atoms with Gasteiger partial charge in [-0.1, -0.05) is 85.2 Å². The van der Waals surface area contributed by atoms with Gasteiger partial charge in [0, 0.05) is 24.5 Å². The van der Waals surface area contributed by atoms with Gasteiger partial charge in [0.25, 0.3) is 0 Å². The number of urea groups is 1. The third-order valence-electron chi connectivity index (χ3n) is 8.06. The zero-order valence-corrected chi connectivity index (χ0v) is 30.6. The van der Waals surface area contributed by atoms with Gasteiger partial charge >= 0.3 is 12.1 Å². The van der Waals surface area contributed by atoms with Crippen LogP contribution in [0.25, 0.3) is 6.08 Å². The SMILES string of the molecule is CC(C)=Cc1nc(CN(C)C(=O)N[C@H](C(=O)N[C@@H](Cc2ccccc2)C[C@H](O)[C@H](Cc2ccccc2)NC(=O)OCc2ccno2)C(C)C)cs1. The van der Waals surface area contributed by atoms with E-state index in [4.69, 9.17) is 9.26 Å². The minimum atomic E-state index is -1.08. The molecule has 0 aliphatic heterocycles. The molecule has 4 atom stereocenters. The van der Waals surface area contributed by atoms with Gasteiger partial charge in [0.15, 0.2) is 12.4 Å². The lowest BCUT2D eigenvalue weighted by molar-refractivity contribution is -0.124. The van der Waals surface area contributed by atoms with Crippen molar-refractivity contribution >= 4 is 35.4 Å². The number of thiazole rings is 1. The molecule has 4 N–H and O–H groups in total. The van der Waals surface area contributed by atoms with Crippen LogP contribution in [0.1, 0.15) is 61.7 Å². The minimum absolute atomic E-state index is 0.108. The van der Waals surface area contributed by atoms with Gasteiger partial charge in [-0.15, -0.1) is 11.3 Å². The Bertz CT molecular complexity index is 1690. The van der Waals surface area contributed by atoms with E-state index in [1.165, 1.54) is 22.4 Å². The highest BCUT2D eigenvalue weighted by Gasteiger charge is 2.31. The van der Waals surface area contributed by atoms with Crippen molar-refractivity contribution in [2.24, 2.45) is 5.92 Å².